The zero-order chi connectivity index (χ0) is 20.4. The van der Waals surface area contributed by atoms with Crippen LogP contribution in [0.4, 0.5) is 5.69 Å². The van der Waals surface area contributed by atoms with Crippen molar-refractivity contribution < 1.29 is 19.2 Å². The highest BCUT2D eigenvalue weighted by molar-refractivity contribution is 6.14. The molecule has 6 heteroatoms. The highest BCUT2D eigenvalue weighted by Gasteiger charge is 2.27. The van der Waals surface area contributed by atoms with Gasteiger partial charge in [0.2, 0.25) is 5.78 Å². The van der Waals surface area contributed by atoms with Crippen molar-refractivity contribution in [1.29, 1.82) is 0 Å². The third-order valence-corrected chi connectivity index (χ3v) is 4.57. The molecule has 1 aliphatic rings. The molecular weight excluding hydrogens is 370 g/mol. The molecule has 0 amide bonds. The summed E-state index contributed by atoms with van der Waals surface area (Å²) >= 11 is 0. The topological polar surface area (TPSA) is 78.7 Å². The van der Waals surface area contributed by atoms with Crippen LogP contribution >= 0.6 is 0 Å². The maximum atomic E-state index is 12.6. The number of aryl methyl sites for hydroxylation is 1. The summed E-state index contributed by atoms with van der Waals surface area (Å²) < 4.78 is 11.5. The fraction of sp³-hybridized carbons (Fsp3) is 0.0870. The highest BCUT2D eigenvalue weighted by Crippen LogP contribution is 2.35. The number of carbonyl (C=O) groups is 1. The normalized spacial score (nSPS) is 13.8. The monoisotopic (exact) mass is 387 g/mol. The molecule has 29 heavy (non-hydrogen) atoms. The summed E-state index contributed by atoms with van der Waals surface area (Å²) in [5, 5.41) is 10.7. The number of benzene rings is 3. The molecular formula is C23H17NO5. The first-order valence-electron chi connectivity index (χ1n) is 9.01. The molecule has 0 bridgehead atoms. The van der Waals surface area contributed by atoms with E-state index in [0.717, 1.165) is 16.7 Å². The van der Waals surface area contributed by atoms with Crippen LogP contribution in [0.15, 0.2) is 72.5 Å². The molecule has 0 aliphatic carbocycles. The first-order valence-corrected chi connectivity index (χ1v) is 9.01. The van der Waals surface area contributed by atoms with Crippen LogP contribution < -0.4 is 9.47 Å². The molecule has 1 heterocycles. The van der Waals surface area contributed by atoms with Gasteiger partial charge in [0.05, 0.1) is 10.5 Å². The summed E-state index contributed by atoms with van der Waals surface area (Å²) in [5.41, 5.74) is 3.36. The Balaban J connectivity index is 1.47. The highest BCUT2D eigenvalue weighted by atomic mass is 16.6. The lowest BCUT2D eigenvalue weighted by molar-refractivity contribution is -0.384. The lowest BCUT2D eigenvalue weighted by Gasteiger charge is -2.07. The van der Waals surface area contributed by atoms with Gasteiger partial charge in [-0.3, -0.25) is 14.9 Å². The zero-order valence-electron chi connectivity index (χ0n) is 15.6. The van der Waals surface area contributed by atoms with Gasteiger partial charge in [-0.25, -0.2) is 0 Å². The zero-order valence-corrected chi connectivity index (χ0v) is 15.6. The van der Waals surface area contributed by atoms with Gasteiger partial charge in [-0.15, -0.1) is 0 Å². The third-order valence-electron chi connectivity index (χ3n) is 4.57. The van der Waals surface area contributed by atoms with E-state index >= 15 is 0 Å². The smallest absolute Gasteiger partial charge is 0.269 e. The molecule has 0 saturated heterocycles. The fourth-order valence-electron chi connectivity index (χ4n) is 2.95. The number of nitro benzene ring substituents is 1. The number of carbonyl (C=O) groups excluding carboxylic acids is 1. The molecule has 144 valence electrons. The van der Waals surface area contributed by atoms with Gasteiger partial charge in [0.1, 0.15) is 18.1 Å². The second-order valence-corrected chi connectivity index (χ2v) is 6.72. The van der Waals surface area contributed by atoms with Gasteiger partial charge in [-0.05, 0) is 48.4 Å². The molecule has 6 nitrogen and oxygen atoms in total. The summed E-state index contributed by atoms with van der Waals surface area (Å²) in [7, 11) is 0. The average Bonchev–Trinajstić information content (AvgIpc) is 3.03. The molecule has 0 radical (unpaired) electrons. The van der Waals surface area contributed by atoms with Crippen molar-refractivity contribution in [3.63, 3.8) is 0 Å². The maximum Gasteiger partial charge on any atom is 0.269 e. The van der Waals surface area contributed by atoms with Crippen LogP contribution in [-0.4, -0.2) is 10.7 Å². The lowest BCUT2D eigenvalue weighted by Crippen LogP contribution is -1.98. The number of hydrogen-bond donors (Lipinski definition) is 0. The average molecular weight is 387 g/mol. The van der Waals surface area contributed by atoms with E-state index in [9.17, 15) is 14.9 Å². The van der Waals surface area contributed by atoms with Gasteiger partial charge in [0.25, 0.3) is 5.69 Å². The number of ether oxygens (including phenoxy) is 2. The summed E-state index contributed by atoms with van der Waals surface area (Å²) in [6.07, 6.45) is 1.72. The van der Waals surface area contributed by atoms with Gasteiger partial charge in [0, 0.05) is 18.2 Å². The van der Waals surface area contributed by atoms with Crippen molar-refractivity contribution in [2.24, 2.45) is 0 Å². The van der Waals surface area contributed by atoms with Crippen molar-refractivity contribution in [2.45, 2.75) is 13.5 Å². The van der Waals surface area contributed by atoms with Crippen LogP contribution in [0.5, 0.6) is 11.5 Å². The Bertz CT molecular complexity index is 1120. The first kappa shape index (κ1) is 18.4. The van der Waals surface area contributed by atoms with E-state index in [4.69, 9.17) is 9.47 Å². The maximum absolute atomic E-state index is 12.6. The number of Topliss-reactive ketones (excluding diaryl/α,β-unsaturated/α-hetero) is 1. The van der Waals surface area contributed by atoms with E-state index in [1.165, 1.54) is 12.1 Å². The molecule has 0 fully saturated rings. The van der Waals surface area contributed by atoms with Crippen LogP contribution in [0, 0.1) is 17.0 Å². The second kappa shape index (κ2) is 7.59. The molecule has 0 atom stereocenters. The van der Waals surface area contributed by atoms with Crippen LogP contribution in [0.25, 0.3) is 6.08 Å². The van der Waals surface area contributed by atoms with E-state index in [-0.39, 0.29) is 23.8 Å². The Kier molecular flexibility index (Phi) is 4.83. The van der Waals surface area contributed by atoms with Crippen molar-refractivity contribution in [3.8, 4) is 11.5 Å². The number of ketones is 1. The Morgan fingerprint density at radius 3 is 2.45 bits per heavy atom. The van der Waals surface area contributed by atoms with Gasteiger partial charge in [0.15, 0.2) is 5.76 Å². The van der Waals surface area contributed by atoms with Crippen molar-refractivity contribution in [3.05, 3.63) is 105 Å². The predicted octanol–water partition coefficient (Wildman–Crippen LogP) is 5.10. The number of allylic oxidation sites excluding steroid dienone is 1. The number of fused-ring (bicyclic) bond motifs is 1. The number of nitrogens with zero attached hydrogens (tertiary/aromatic N) is 1. The quantitative estimate of drug-likeness (QED) is 0.346. The number of hydrogen-bond acceptors (Lipinski definition) is 5. The molecule has 0 aromatic heterocycles. The van der Waals surface area contributed by atoms with E-state index in [0.29, 0.717) is 17.1 Å². The Hall–Kier alpha value is -3.93. The second-order valence-electron chi connectivity index (χ2n) is 6.72. The van der Waals surface area contributed by atoms with Crippen LogP contribution in [0.2, 0.25) is 0 Å². The van der Waals surface area contributed by atoms with Gasteiger partial charge >= 0.3 is 0 Å². The molecule has 0 saturated carbocycles. The van der Waals surface area contributed by atoms with Crippen molar-refractivity contribution in [2.75, 3.05) is 0 Å². The van der Waals surface area contributed by atoms with E-state index < -0.39 is 4.92 Å². The van der Waals surface area contributed by atoms with Crippen LogP contribution in [0.3, 0.4) is 0 Å². The van der Waals surface area contributed by atoms with Crippen LogP contribution in [-0.2, 0) is 6.61 Å². The third kappa shape index (κ3) is 4.01. The number of nitro groups is 1. The summed E-state index contributed by atoms with van der Waals surface area (Å²) in [6, 6.07) is 19.0. The molecule has 0 unspecified atom stereocenters. The molecule has 0 spiro atoms. The molecule has 4 rings (SSSR count). The Morgan fingerprint density at radius 2 is 1.76 bits per heavy atom. The van der Waals surface area contributed by atoms with E-state index in [1.807, 2.05) is 31.2 Å². The molecule has 1 aliphatic heterocycles. The van der Waals surface area contributed by atoms with Gasteiger partial charge < -0.3 is 9.47 Å². The minimum Gasteiger partial charge on any atom is -0.489 e. The van der Waals surface area contributed by atoms with Crippen molar-refractivity contribution >= 4 is 17.5 Å². The van der Waals surface area contributed by atoms with E-state index in [1.54, 1.807) is 36.4 Å². The summed E-state index contributed by atoms with van der Waals surface area (Å²) in [5.74, 6) is 1.11. The van der Waals surface area contributed by atoms with Gasteiger partial charge in [-0.1, -0.05) is 29.8 Å². The van der Waals surface area contributed by atoms with Gasteiger partial charge in [-0.2, -0.15) is 0 Å². The van der Waals surface area contributed by atoms with E-state index in [2.05, 4.69) is 0 Å². The lowest BCUT2D eigenvalue weighted by atomic mass is 10.1. The Morgan fingerprint density at radius 1 is 1.03 bits per heavy atom. The fourth-order valence-corrected chi connectivity index (χ4v) is 2.95. The summed E-state index contributed by atoms with van der Waals surface area (Å²) in [4.78, 5) is 22.8. The van der Waals surface area contributed by atoms with Crippen LogP contribution in [0.1, 0.15) is 27.0 Å². The standard InChI is InChI=1S/C23H17NO5/c1-15-2-4-16(5-3-15)12-22-23(25)20-11-10-19(13-21(20)29-22)28-14-17-6-8-18(9-7-17)24(26)27/h2-13H,14H2,1H3/b22-12-. The summed E-state index contributed by atoms with van der Waals surface area (Å²) in [6.45, 7) is 2.25. The first-order chi connectivity index (χ1) is 14.0. The molecule has 0 N–H and O–H groups in total. The molecule has 3 aromatic rings. The SMILES string of the molecule is Cc1ccc(/C=C2\Oc3cc(OCc4ccc([N+](=O)[O-])cc4)ccc3C2=O)cc1. The predicted molar refractivity (Wildman–Crippen MR) is 108 cm³/mol. The minimum absolute atomic E-state index is 0.0334. The molecule has 3 aromatic carbocycles. The van der Waals surface area contributed by atoms with Crippen molar-refractivity contribution in [1.82, 2.24) is 0 Å². The number of non-ortho nitro benzene ring substituents is 1. The number of rotatable bonds is 5. The Labute approximate surface area is 167 Å². The minimum atomic E-state index is -0.443. The largest absolute Gasteiger partial charge is 0.489 e.